The summed E-state index contributed by atoms with van der Waals surface area (Å²) in [6, 6.07) is 13.9. The normalized spacial score (nSPS) is 12.8. The molecular formula is C20H18ClN3O. The van der Waals surface area contributed by atoms with Crippen molar-refractivity contribution in [2.24, 2.45) is 0 Å². The number of allylic oxidation sites excluding steroid dienone is 2. The van der Waals surface area contributed by atoms with Crippen molar-refractivity contribution < 1.29 is 4.74 Å². The molecule has 2 aromatic carbocycles. The Bertz CT molecular complexity index is 975. The molecule has 1 aliphatic rings. The third kappa shape index (κ3) is 2.72. The molecule has 4 nitrogen and oxygen atoms in total. The van der Waals surface area contributed by atoms with Crippen LogP contribution < -0.4 is 4.74 Å². The van der Waals surface area contributed by atoms with Crippen LogP contribution in [0.25, 0.3) is 22.6 Å². The zero-order chi connectivity index (χ0) is 17.4. The van der Waals surface area contributed by atoms with Crippen molar-refractivity contribution in [3.63, 3.8) is 0 Å². The fourth-order valence-corrected chi connectivity index (χ4v) is 3.44. The summed E-state index contributed by atoms with van der Waals surface area (Å²) in [4.78, 5) is 0. The molecule has 0 radical (unpaired) electrons. The van der Waals surface area contributed by atoms with Crippen molar-refractivity contribution in [1.82, 2.24) is 14.8 Å². The molecule has 4 rings (SSSR count). The zero-order valence-electron chi connectivity index (χ0n) is 14.2. The molecule has 126 valence electrons. The highest BCUT2D eigenvalue weighted by Crippen LogP contribution is 2.35. The average Bonchev–Trinajstić information content (AvgIpc) is 3.00. The van der Waals surface area contributed by atoms with E-state index in [2.05, 4.69) is 27.8 Å². The fourth-order valence-electron chi connectivity index (χ4n) is 3.27. The average molecular weight is 352 g/mol. The summed E-state index contributed by atoms with van der Waals surface area (Å²) < 4.78 is 7.48. The topological polar surface area (TPSA) is 39.9 Å². The van der Waals surface area contributed by atoms with E-state index in [0.29, 0.717) is 0 Å². The minimum absolute atomic E-state index is 0.734. The van der Waals surface area contributed by atoms with E-state index in [1.165, 1.54) is 5.57 Å². The molecule has 0 unspecified atom stereocenters. The standard InChI is InChI=1S/C20H18ClN3O/c1-3-13-7-10-19-22-23-20(14-5-4-6-16(11-14)25-2)24(19)18-9-8-15(21)12-17(13)18/h4-9,11-12H,3,10H2,1-2H3. The number of hydrogen-bond acceptors (Lipinski definition) is 3. The van der Waals surface area contributed by atoms with Gasteiger partial charge >= 0.3 is 0 Å². The number of hydrogen-bond donors (Lipinski definition) is 0. The van der Waals surface area contributed by atoms with Crippen LogP contribution in [0.2, 0.25) is 5.02 Å². The van der Waals surface area contributed by atoms with Crippen LogP contribution in [-0.2, 0) is 6.42 Å². The molecule has 2 heterocycles. The Morgan fingerprint density at radius 2 is 2.04 bits per heavy atom. The number of rotatable bonds is 3. The quantitative estimate of drug-likeness (QED) is 0.670. The van der Waals surface area contributed by atoms with Gasteiger partial charge in [-0.1, -0.05) is 36.7 Å². The van der Waals surface area contributed by atoms with Crippen molar-refractivity contribution >= 4 is 17.2 Å². The van der Waals surface area contributed by atoms with Gasteiger partial charge < -0.3 is 4.74 Å². The highest BCUT2D eigenvalue weighted by Gasteiger charge is 2.21. The summed E-state index contributed by atoms with van der Waals surface area (Å²) in [5.41, 5.74) is 4.45. The first-order chi connectivity index (χ1) is 12.2. The van der Waals surface area contributed by atoms with Gasteiger partial charge in [0.25, 0.3) is 0 Å². The molecule has 1 aliphatic heterocycles. The summed E-state index contributed by atoms with van der Waals surface area (Å²) in [7, 11) is 1.66. The van der Waals surface area contributed by atoms with Crippen molar-refractivity contribution in [2.45, 2.75) is 19.8 Å². The van der Waals surface area contributed by atoms with Crippen LogP contribution in [0.5, 0.6) is 5.75 Å². The summed E-state index contributed by atoms with van der Waals surface area (Å²) >= 11 is 6.27. The molecular weight excluding hydrogens is 334 g/mol. The maximum absolute atomic E-state index is 6.27. The van der Waals surface area contributed by atoms with Crippen LogP contribution in [0.3, 0.4) is 0 Å². The van der Waals surface area contributed by atoms with Crippen LogP contribution >= 0.6 is 11.6 Å². The molecule has 0 aliphatic carbocycles. The molecule has 3 aromatic rings. The van der Waals surface area contributed by atoms with Crippen molar-refractivity contribution in [2.75, 3.05) is 7.11 Å². The third-order valence-corrected chi connectivity index (χ3v) is 4.75. The molecule has 0 atom stereocenters. The van der Waals surface area contributed by atoms with Crippen LogP contribution in [0.1, 0.15) is 24.7 Å². The highest BCUT2D eigenvalue weighted by atomic mass is 35.5. The number of halogens is 1. The van der Waals surface area contributed by atoms with Gasteiger partial charge in [-0.2, -0.15) is 0 Å². The Hall–Kier alpha value is -2.59. The predicted molar refractivity (Wildman–Crippen MR) is 100 cm³/mol. The van der Waals surface area contributed by atoms with Gasteiger partial charge in [-0.15, -0.1) is 10.2 Å². The van der Waals surface area contributed by atoms with Gasteiger partial charge in [-0.25, -0.2) is 0 Å². The zero-order valence-corrected chi connectivity index (χ0v) is 14.9. The Labute approximate surface area is 151 Å². The number of benzene rings is 2. The summed E-state index contributed by atoms with van der Waals surface area (Å²) in [6.07, 6.45) is 3.91. The second-order valence-electron chi connectivity index (χ2n) is 5.96. The van der Waals surface area contributed by atoms with Crippen molar-refractivity contribution in [3.05, 3.63) is 65.0 Å². The second-order valence-corrected chi connectivity index (χ2v) is 6.39. The molecule has 0 saturated carbocycles. The maximum Gasteiger partial charge on any atom is 0.168 e. The van der Waals surface area contributed by atoms with E-state index >= 15 is 0 Å². The summed E-state index contributed by atoms with van der Waals surface area (Å²) in [5.74, 6) is 2.53. The Balaban J connectivity index is 1.96. The van der Waals surface area contributed by atoms with Gasteiger partial charge in [-0.3, -0.25) is 4.57 Å². The molecule has 0 N–H and O–H groups in total. The van der Waals surface area contributed by atoms with E-state index in [0.717, 1.165) is 52.1 Å². The number of fused-ring (bicyclic) bond motifs is 3. The number of ether oxygens (including phenoxy) is 1. The summed E-state index contributed by atoms with van der Waals surface area (Å²) in [6.45, 7) is 2.16. The first-order valence-corrected chi connectivity index (χ1v) is 8.67. The predicted octanol–water partition coefficient (Wildman–Crippen LogP) is 4.95. The SMILES string of the molecule is CCC1=CCc2nnc(-c3cccc(OC)c3)n2-c2ccc(Cl)cc21. The smallest absolute Gasteiger partial charge is 0.168 e. The van der Waals surface area contributed by atoms with Crippen LogP contribution in [-0.4, -0.2) is 21.9 Å². The van der Waals surface area contributed by atoms with E-state index in [9.17, 15) is 0 Å². The van der Waals surface area contributed by atoms with E-state index < -0.39 is 0 Å². The molecule has 25 heavy (non-hydrogen) atoms. The first-order valence-electron chi connectivity index (χ1n) is 8.29. The Morgan fingerprint density at radius 1 is 1.16 bits per heavy atom. The highest BCUT2D eigenvalue weighted by molar-refractivity contribution is 6.30. The number of methoxy groups -OCH3 is 1. The second kappa shape index (κ2) is 6.37. The lowest BCUT2D eigenvalue weighted by Gasteiger charge is -2.14. The molecule has 5 heteroatoms. The fraction of sp³-hybridized carbons (Fsp3) is 0.200. The molecule has 0 spiro atoms. The maximum atomic E-state index is 6.27. The minimum atomic E-state index is 0.734. The summed E-state index contributed by atoms with van der Waals surface area (Å²) in [5, 5.41) is 9.62. The van der Waals surface area contributed by atoms with E-state index in [1.54, 1.807) is 7.11 Å². The molecule has 0 amide bonds. The van der Waals surface area contributed by atoms with Gasteiger partial charge in [0.15, 0.2) is 5.82 Å². The van der Waals surface area contributed by atoms with Gasteiger partial charge in [0.05, 0.1) is 12.8 Å². The van der Waals surface area contributed by atoms with E-state index in [4.69, 9.17) is 16.3 Å². The van der Waals surface area contributed by atoms with E-state index in [-0.39, 0.29) is 0 Å². The monoisotopic (exact) mass is 351 g/mol. The first kappa shape index (κ1) is 15.9. The van der Waals surface area contributed by atoms with Crippen molar-refractivity contribution in [3.8, 4) is 22.8 Å². The minimum Gasteiger partial charge on any atom is -0.497 e. The molecule has 1 aromatic heterocycles. The molecule has 0 fully saturated rings. The largest absolute Gasteiger partial charge is 0.497 e. The Morgan fingerprint density at radius 3 is 2.84 bits per heavy atom. The van der Waals surface area contributed by atoms with Gasteiger partial charge in [0.2, 0.25) is 0 Å². The number of aromatic nitrogens is 3. The van der Waals surface area contributed by atoms with Crippen molar-refractivity contribution in [1.29, 1.82) is 0 Å². The van der Waals surface area contributed by atoms with Gasteiger partial charge in [0.1, 0.15) is 11.6 Å². The lowest BCUT2D eigenvalue weighted by molar-refractivity contribution is 0.415. The number of nitrogens with zero attached hydrogens (tertiary/aromatic N) is 3. The van der Waals surface area contributed by atoms with E-state index in [1.807, 2.05) is 42.5 Å². The molecule has 0 saturated heterocycles. The van der Waals surface area contributed by atoms with Gasteiger partial charge in [0, 0.05) is 22.6 Å². The lowest BCUT2D eigenvalue weighted by atomic mass is 10.0. The Kier molecular flexibility index (Phi) is 4.06. The van der Waals surface area contributed by atoms with Crippen LogP contribution in [0.4, 0.5) is 0 Å². The molecule has 0 bridgehead atoms. The van der Waals surface area contributed by atoms with Crippen LogP contribution in [0.15, 0.2) is 48.5 Å². The van der Waals surface area contributed by atoms with Crippen LogP contribution in [0, 0.1) is 0 Å². The third-order valence-electron chi connectivity index (χ3n) is 4.52. The van der Waals surface area contributed by atoms with Gasteiger partial charge in [-0.05, 0) is 42.3 Å². The lowest BCUT2D eigenvalue weighted by Crippen LogP contribution is -2.03.